The van der Waals surface area contributed by atoms with Gasteiger partial charge in [-0.15, -0.1) is 0 Å². The number of ether oxygens (including phenoxy) is 1. The molecular weight excluding hydrogens is 440 g/mol. The van der Waals surface area contributed by atoms with Gasteiger partial charge in [-0.2, -0.15) is 0 Å². The summed E-state index contributed by atoms with van der Waals surface area (Å²) in [4.78, 5) is 29.0. The monoisotopic (exact) mass is 472 g/mol. The van der Waals surface area contributed by atoms with Crippen LogP contribution >= 0.6 is 0 Å². The molecule has 2 heterocycles. The maximum Gasteiger partial charge on any atom is 0.337 e. The molecule has 0 radical (unpaired) electrons. The van der Waals surface area contributed by atoms with Crippen LogP contribution in [0.25, 0.3) is 16.7 Å². The van der Waals surface area contributed by atoms with Gasteiger partial charge in [0, 0.05) is 23.5 Å². The molecule has 1 amide bonds. The minimum Gasteiger partial charge on any atom is -0.465 e. The summed E-state index contributed by atoms with van der Waals surface area (Å²) in [7, 11) is 1.38. The summed E-state index contributed by atoms with van der Waals surface area (Å²) in [5, 5.41) is 7.14. The largest absolute Gasteiger partial charge is 0.465 e. The molecule has 0 spiro atoms. The molecule has 7 heteroatoms. The Hall–Kier alpha value is -3.71. The van der Waals surface area contributed by atoms with Crippen molar-refractivity contribution in [2.45, 2.75) is 39.0 Å². The van der Waals surface area contributed by atoms with Crippen molar-refractivity contribution in [2.24, 2.45) is 4.99 Å². The molecule has 1 aliphatic rings. The minimum absolute atomic E-state index is 0.0839. The van der Waals surface area contributed by atoms with Gasteiger partial charge in [-0.25, -0.2) is 9.79 Å². The lowest BCUT2D eigenvalue weighted by molar-refractivity contribution is -0.115. The lowest BCUT2D eigenvalue weighted by Gasteiger charge is -2.09. The first-order chi connectivity index (χ1) is 17.0. The second kappa shape index (κ2) is 11.1. The third kappa shape index (κ3) is 5.87. The van der Waals surface area contributed by atoms with Gasteiger partial charge in [0.2, 0.25) is 5.91 Å². The number of allylic oxidation sites excluding steroid dienone is 1. The number of anilines is 1. The highest BCUT2D eigenvalue weighted by atomic mass is 16.5. The van der Waals surface area contributed by atoms with Crippen LogP contribution in [0, 0.1) is 0 Å². The fourth-order valence-electron chi connectivity index (χ4n) is 4.17. The number of rotatable bonds is 9. The van der Waals surface area contributed by atoms with Crippen LogP contribution in [-0.2, 0) is 16.0 Å². The average molecular weight is 473 g/mol. The average Bonchev–Trinajstić information content (AvgIpc) is 3.24. The van der Waals surface area contributed by atoms with Crippen molar-refractivity contribution in [3.05, 3.63) is 71.4 Å². The van der Waals surface area contributed by atoms with Gasteiger partial charge >= 0.3 is 5.97 Å². The molecule has 35 heavy (non-hydrogen) atoms. The number of benzene rings is 2. The minimum atomic E-state index is -0.364. The van der Waals surface area contributed by atoms with E-state index < -0.39 is 0 Å². The number of amides is 1. The molecule has 0 saturated heterocycles. The molecule has 3 aromatic rings. The molecule has 0 atom stereocenters. The van der Waals surface area contributed by atoms with Crippen LogP contribution in [0.15, 0.2) is 59.7 Å². The third-order valence-corrected chi connectivity index (χ3v) is 6.12. The zero-order valence-corrected chi connectivity index (χ0v) is 20.5. The molecule has 2 N–H and O–H groups in total. The predicted octanol–water partition coefficient (Wildman–Crippen LogP) is 4.99. The molecule has 4 rings (SSSR count). The van der Waals surface area contributed by atoms with Crippen LogP contribution in [0.4, 0.5) is 5.69 Å². The molecule has 1 aromatic heterocycles. The second-order valence-electron chi connectivity index (χ2n) is 8.95. The zero-order chi connectivity index (χ0) is 24.8. The van der Waals surface area contributed by atoms with Gasteiger partial charge in [0.05, 0.1) is 24.7 Å². The van der Waals surface area contributed by atoms with E-state index in [0.29, 0.717) is 24.4 Å². The maximum absolute atomic E-state index is 12.4. The molecule has 7 nitrogen and oxygen atoms in total. The predicted molar refractivity (Wildman–Crippen MR) is 141 cm³/mol. The summed E-state index contributed by atoms with van der Waals surface area (Å²) in [6, 6.07) is 13.5. The van der Waals surface area contributed by atoms with Gasteiger partial charge in [-0.1, -0.05) is 26.0 Å². The van der Waals surface area contributed by atoms with Gasteiger partial charge in [0.1, 0.15) is 5.82 Å². The van der Waals surface area contributed by atoms with Crippen LogP contribution in [0.2, 0.25) is 0 Å². The molecule has 0 bridgehead atoms. The topological polar surface area (TPSA) is 84.7 Å². The molecule has 2 aromatic carbocycles. The number of aliphatic imine (C=N–C) groups is 1. The Balaban J connectivity index is 1.42. The van der Waals surface area contributed by atoms with Crippen molar-refractivity contribution in [3.8, 4) is 0 Å². The molecule has 0 unspecified atom stereocenters. The van der Waals surface area contributed by atoms with Crippen molar-refractivity contribution < 1.29 is 14.3 Å². The first-order valence-electron chi connectivity index (χ1n) is 12.0. The van der Waals surface area contributed by atoms with Crippen molar-refractivity contribution in [2.75, 3.05) is 25.5 Å². The van der Waals surface area contributed by atoms with Crippen molar-refractivity contribution >= 4 is 40.5 Å². The van der Waals surface area contributed by atoms with Gasteiger partial charge < -0.3 is 19.9 Å². The summed E-state index contributed by atoms with van der Waals surface area (Å²) in [5.74, 6) is 0.891. The molecule has 1 aliphatic heterocycles. The molecular formula is C28H32N4O3. The van der Waals surface area contributed by atoms with E-state index in [1.165, 1.54) is 12.7 Å². The number of esters is 1. The number of methoxy groups -OCH3 is 1. The fourth-order valence-corrected chi connectivity index (χ4v) is 4.17. The van der Waals surface area contributed by atoms with E-state index in [2.05, 4.69) is 46.3 Å². The highest BCUT2D eigenvalue weighted by Gasteiger charge is 2.15. The number of hydrogen-bond acceptors (Lipinski definition) is 5. The Morgan fingerprint density at radius 1 is 1.11 bits per heavy atom. The number of aromatic nitrogens is 1. The summed E-state index contributed by atoms with van der Waals surface area (Å²) >= 11 is 0. The van der Waals surface area contributed by atoms with Crippen LogP contribution in [-0.4, -0.2) is 42.9 Å². The first-order valence-corrected chi connectivity index (χ1v) is 12.0. The van der Waals surface area contributed by atoms with Crippen LogP contribution in [0.3, 0.4) is 0 Å². The number of carbonyl (C=O) groups excluding carboxylic acids is 2. The smallest absolute Gasteiger partial charge is 0.337 e. The van der Waals surface area contributed by atoms with E-state index in [0.717, 1.165) is 40.8 Å². The summed E-state index contributed by atoms with van der Waals surface area (Å²) in [6.07, 6.45) is 8.70. The van der Waals surface area contributed by atoms with Crippen LogP contribution < -0.4 is 10.6 Å². The van der Waals surface area contributed by atoms with Crippen molar-refractivity contribution in [1.29, 1.82) is 0 Å². The Labute approximate surface area is 205 Å². The van der Waals surface area contributed by atoms with Crippen LogP contribution in [0.5, 0.6) is 0 Å². The molecule has 0 aliphatic carbocycles. The number of fused-ring (bicyclic) bond motifs is 1. The van der Waals surface area contributed by atoms with Gasteiger partial charge in [0.15, 0.2) is 0 Å². The lowest BCUT2D eigenvalue weighted by atomic mass is 10.0. The normalized spacial score (nSPS) is 13.2. The standard InChI is InChI=1S/C28H32N4O3/c1-19(2)20-7-10-23(11-8-20)31-27(33)17-29-15-13-22-18-32(26-6-4-5-14-30-26)25-12-9-21(16-24(22)25)28(34)35-3/h6-12,14,16,18-19,29H,4-5,13,15,17H2,1-3H3,(H,31,33). The van der Waals surface area contributed by atoms with E-state index >= 15 is 0 Å². The Morgan fingerprint density at radius 2 is 1.91 bits per heavy atom. The summed E-state index contributed by atoms with van der Waals surface area (Å²) < 4.78 is 6.97. The van der Waals surface area contributed by atoms with Crippen molar-refractivity contribution in [3.63, 3.8) is 0 Å². The molecule has 0 fully saturated rings. The molecule has 0 saturated carbocycles. The Kier molecular flexibility index (Phi) is 7.77. The van der Waals surface area contributed by atoms with E-state index in [4.69, 9.17) is 4.74 Å². The van der Waals surface area contributed by atoms with E-state index in [9.17, 15) is 9.59 Å². The van der Waals surface area contributed by atoms with E-state index in [-0.39, 0.29) is 18.4 Å². The van der Waals surface area contributed by atoms with Crippen LogP contribution in [0.1, 0.15) is 54.1 Å². The Morgan fingerprint density at radius 3 is 2.60 bits per heavy atom. The van der Waals surface area contributed by atoms with Gasteiger partial charge in [-0.05, 0) is 79.3 Å². The van der Waals surface area contributed by atoms with E-state index in [1.54, 1.807) is 6.07 Å². The number of hydrogen-bond donors (Lipinski definition) is 2. The summed E-state index contributed by atoms with van der Waals surface area (Å²) in [6.45, 7) is 5.12. The second-order valence-corrected chi connectivity index (χ2v) is 8.95. The van der Waals surface area contributed by atoms with E-state index in [1.807, 2.05) is 42.6 Å². The SMILES string of the molecule is COC(=O)c1ccc2c(c1)c(CCNCC(=O)Nc1ccc(C(C)C)cc1)cn2C1=CCCC=N1. The van der Waals surface area contributed by atoms with Gasteiger partial charge in [-0.3, -0.25) is 4.79 Å². The molecule has 182 valence electrons. The number of nitrogens with zero attached hydrogens (tertiary/aromatic N) is 2. The first kappa shape index (κ1) is 24.4. The lowest BCUT2D eigenvalue weighted by Crippen LogP contribution is -2.29. The highest BCUT2D eigenvalue weighted by molar-refractivity contribution is 5.97. The maximum atomic E-state index is 12.4. The van der Waals surface area contributed by atoms with Crippen molar-refractivity contribution in [1.82, 2.24) is 9.88 Å². The third-order valence-electron chi connectivity index (χ3n) is 6.12. The van der Waals surface area contributed by atoms with Gasteiger partial charge in [0.25, 0.3) is 0 Å². The quantitative estimate of drug-likeness (QED) is 0.340. The summed E-state index contributed by atoms with van der Waals surface area (Å²) in [5.41, 5.74) is 4.60. The zero-order valence-electron chi connectivity index (χ0n) is 20.5. The fraction of sp³-hybridized carbons (Fsp3) is 0.321. The Bertz CT molecular complexity index is 1270. The highest BCUT2D eigenvalue weighted by Crippen LogP contribution is 2.28. The number of carbonyl (C=O) groups is 2. The number of nitrogens with one attached hydrogen (secondary N) is 2.